The third-order valence-corrected chi connectivity index (χ3v) is 5.48. The van der Waals surface area contributed by atoms with Crippen molar-refractivity contribution >= 4 is 43.5 Å². The number of carboxylic acids is 1. The molecule has 0 saturated carbocycles. The molecule has 2 aromatic rings. The normalized spacial score (nSPS) is 11.3. The zero-order valence-corrected chi connectivity index (χ0v) is 15.3. The van der Waals surface area contributed by atoms with E-state index >= 15 is 0 Å². The van der Waals surface area contributed by atoms with Gasteiger partial charge in [0.25, 0.3) is 0 Å². The summed E-state index contributed by atoms with van der Waals surface area (Å²) in [4.78, 5) is 23.1. The lowest BCUT2D eigenvalue weighted by atomic mass is 10.3. The summed E-state index contributed by atoms with van der Waals surface area (Å²) in [6, 6.07) is 14.2. The Hall–Kier alpha value is -2.23. The molecule has 9 heteroatoms. The highest BCUT2D eigenvalue weighted by atomic mass is 79.9. The Kier molecular flexibility index (Phi) is 6.29. The third-order valence-electron chi connectivity index (χ3n) is 3.14. The van der Waals surface area contributed by atoms with E-state index in [1.807, 2.05) is 0 Å². The van der Waals surface area contributed by atoms with Crippen molar-refractivity contribution in [3.05, 3.63) is 59.1 Å². The summed E-state index contributed by atoms with van der Waals surface area (Å²) in [7, 11) is -4.13. The van der Waals surface area contributed by atoms with Crippen molar-refractivity contribution in [2.45, 2.75) is 4.90 Å². The number of carbonyl (C=O) groups is 2. The molecule has 0 spiro atoms. The summed E-state index contributed by atoms with van der Waals surface area (Å²) in [5.41, 5.74) is 0.490. The van der Waals surface area contributed by atoms with Crippen LogP contribution in [0.4, 0.5) is 5.69 Å². The smallest absolute Gasteiger partial charge is 0.318 e. The first-order chi connectivity index (χ1) is 11.8. The van der Waals surface area contributed by atoms with Crippen LogP contribution in [0.3, 0.4) is 0 Å². The van der Waals surface area contributed by atoms with E-state index in [1.165, 1.54) is 24.3 Å². The van der Waals surface area contributed by atoms with Gasteiger partial charge in [-0.15, -0.1) is 0 Å². The van der Waals surface area contributed by atoms with Crippen molar-refractivity contribution < 1.29 is 23.1 Å². The number of para-hydroxylation sites is 1. The van der Waals surface area contributed by atoms with Crippen molar-refractivity contribution in [3.8, 4) is 0 Å². The zero-order chi connectivity index (χ0) is 18.4. The molecule has 2 N–H and O–H groups in total. The minimum absolute atomic E-state index is 0.0931. The number of amides is 1. The molecular formula is C16H15BrN2O5S. The maximum atomic E-state index is 12.6. The average molecular weight is 427 g/mol. The summed E-state index contributed by atoms with van der Waals surface area (Å²) in [5.74, 6) is -1.98. The SMILES string of the molecule is O=C(O)CN(CC(=O)Nc1ccccc1)S(=O)(=O)c1ccc(Br)cc1. The Morgan fingerprint density at radius 2 is 1.60 bits per heavy atom. The van der Waals surface area contributed by atoms with Gasteiger partial charge in [-0.1, -0.05) is 34.1 Å². The van der Waals surface area contributed by atoms with Crippen LogP contribution in [-0.4, -0.2) is 42.8 Å². The average Bonchev–Trinajstić information content (AvgIpc) is 2.55. The molecule has 132 valence electrons. The number of aliphatic carboxylic acids is 1. The summed E-state index contributed by atoms with van der Waals surface area (Å²) < 4.78 is 26.6. The van der Waals surface area contributed by atoms with Crippen LogP contribution in [0.1, 0.15) is 0 Å². The topological polar surface area (TPSA) is 104 Å². The Bertz CT molecular complexity index is 854. The number of hydrogen-bond acceptors (Lipinski definition) is 4. The Morgan fingerprint density at radius 1 is 1.00 bits per heavy atom. The third kappa shape index (κ3) is 5.38. The fourth-order valence-corrected chi connectivity index (χ4v) is 3.62. The molecule has 0 aliphatic rings. The minimum atomic E-state index is -4.13. The number of anilines is 1. The number of carbonyl (C=O) groups excluding carboxylic acids is 1. The fraction of sp³-hybridized carbons (Fsp3) is 0.125. The molecule has 0 aromatic heterocycles. The van der Waals surface area contributed by atoms with Gasteiger partial charge in [0.1, 0.15) is 6.54 Å². The summed E-state index contributed by atoms with van der Waals surface area (Å²) in [6.07, 6.45) is 0. The molecule has 0 saturated heterocycles. The number of halogens is 1. The summed E-state index contributed by atoms with van der Waals surface area (Å²) in [6.45, 7) is -1.43. The van der Waals surface area contributed by atoms with Gasteiger partial charge in [0.2, 0.25) is 15.9 Å². The number of nitrogens with zero attached hydrogens (tertiary/aromatic N) is 1. The number of hydrogen-bond donors (Lipinski definition) is 2. The summed E-state index contributed by atoms with van der Waals surface area (Å²) >= 11 is 3.20. The second-order valence-corrected chi connectivity index (χ2v) is 7.89. The van der Waals surface area contributed by atoms with Gasteiger partial charge in [0.15, 0.2) is 0 Å². The van der Waals surface area contributed by atoms with Crippen molar-refractivity contribution in [1.82, 2.24) is 4.31 Å². The van der Waals surface area contributed by atoms with E-state index in [9.17, 15) is 18.0 Å². The zero-order valence-electron chi connectivity index (χ0n) is 12.9. The van der Waals surface area contributed by atoms with Gasteiger partial charge >= 0.3 is 5.97 Å². The largest absolute Gasteiger partial charge is 0.480 e. The predicted octanol–water partition coefficient (Wildman–Crippen LogP) is 2.16. The number of sulfonamides is 1. The highest BCUT2D eigenvalue weighted by Gasteiger charge is 2.28. The molecule has 0 aliphatic carbocycles. The van der Waals surface area contributed by atoms with Crippen LogP contribution in [0.15, 0.2) is 64.0 Å². The summed E-state index contributed by atoms with van der Waals surface area (Å²) in [5, 5.41) is 11.5. The molecule has 0 heterocycles. The van der Waals surface area contributed by atoms with Crippen LogP contribution >= 0.6 is 15.9 Å². The van der Waals surface area contributed by atoms with Crippen LogP contribution in [-0.2, 0) is 19.6 Å². The Morgan fingerprint density at radius 3 is 2.16 bits per heavy atom. The van der Waals surface area contributed by atoms with Crippen molar-refractivity contribution in [1.29, 1.82) is 0 Å². The number of nitrogens with one attached hydrogen (secondary N) is 1. The second-order valence-electron chi connectivity index (χ2n) is 5.03. The maximum absolute atomic E-state index is 12.6. The van der Waals surface area contributed by atoms with Gasteiger partial charge in [-0.2, -0.15) is 4.31 Å². The molecule has 2 aromatic carbocycles. The monoisotopic (exact) mass is 426 g/mol. The molecule has 0 unspecified atom stereocenters. The highest BCUT2D eigenvalue weighted by molar-refractivity contribution is 9.10. The van der Waals surface area contributed by atoms with Gasteiger partial charge in [0, 0.05) is 10.2 Å². The van der Waals surface area contributed by atoms with Gasteiger partial charge < -0.3 is 10.4 Å². The maximum Gasteiger partial charge on any atom is 0.318 e. The van der Waals surface area contributed by atoms with Crippen molar-refractivity contribution in [2.75, 3.05) is 18.4 Å². The lowest BCUT2D eigenvalue weighted by Gasteiger charge is -2.20. The molecule has 2 rings (SSSR count). The molecule has 0 fully saturated rings. The van der Waals surface area contributed by atoms with E-state index in [2.05, 4.69) is 21.2 Å². The van der Waals surface area contributed by atoms with E-state index in [0.29, 0.717) is 14.5 Å². The molecule has 0 aliphatic heterocycles. The van der Waals surface area contributed by atoms with Gasteiger partial charge in [-0.05, 0) is 36.4 Å². The van der Waals surface area contributed by atoms with Crippen LogP contribution in [0.25, 0.3) is 0 Å². The van der Waals surface area contributed by atoms with E-state index in [1.54, 1.807) is 30.3 Å². The van der Waals surface area contributed by atoms with E-state index in [-0.39, 0.29) is 4.90 Å². The first-order valence-corrected chi connectivity index (χ1v) is 9.35. The standard InChI is InChI=1S/C16H15BrN2O5S/c17-12-6-8-14(9-7-12)25(23,24)19(11-16(21)22)10-15(20)18-13-4-2-1-3-5-13/h1-9H,10-11H2,(H,18,20)(H,21,22). The number of rotatable bonds is 7. The highest BCUT2D eigenvalue weighted by Crippen LogP contribution is 2.19. The van der Waals surface area contributed by atoms with Crippen LogP contribution in [0, 0.1) is 0 Å². The van der Waals surface area contributed by atoms with Gasteiger partial charge in [-0.25, -0.2) is 8.42 Å². The van der Waals surface area contributed by atoms with Crippen LogP contribution in [0.5, 0.6) is 0 Å². The minimum Gasteiger partial charge on any atom is -0.480 e. The molecule has 0 radical (unpaired) electrons. The van der Waals surface area contributed by atoms with E-state index in [0.717, 1.165) is 0 Å². The van der Waals surface area contributed by atoms with E-state index in [4.69, 9.17) is 5.11 Å². The predicted molar refractivity (Wildman–Crippen MR) is 95.6 cm³/mol. The molecule has 7 nitrogen and oxygen atoms in total. The van der Waals surface area contributed by atoms with Crippen LogP contribution < -0.4 is 5.32 Å². The van der Waals surface area contributed by atoms with Crippen molar-refractivity contribution in [3.63, 3.8) is 0 Å². The van der Waals surface area contributed by atoms with Gasteiger partial charge in [-0.3, -0.25) is 9.59 Å². The number of carboxylic acid groups (broad SMARTS) is 1. The molecule has 0 bridgehead atoms. The fourth-order valence-electron chi connectivity index (χ4n) is 2.01. The lowest BCUT2D eigenvalue weighted by Crippen LogP contribution is -2.41. The molecular weight excluding hydrogens is 412 g/mol. The lowest BCUT2D eigenvalue weighted by molar-refractivity contribution is -0.137. The first-order valence-electron chi connectivity index (χ1n) is 7.11. The number of benzene rings is 2. The molecule has 25 heavy (non-hydrogen) atoms. The quantitative estimate of drug-likeness (QED) is 0.705. The van der Waals surface area contributed by atoms with E-state index < -0.39 is 35.0 Å². The van der Waals surface area contributed by atoms with Gasteiger partial charge in [0.05, 0.1) is 11.4 Å². The first kappa shape index (κ1) is 19.1. The molecule has 0 atom stereocenters. The second kappa shape index (κ2) is 8.24. The Labute approximate surface area is 153 Å². The Balaban J connectivity index is 2.21. The van der Waals surface area contributed by atoms with Crippen LogP contribution in [0.2, 0.25) is 0 Å². The molecule has 1 amide bonds. The van der Waals surface area contributed by atoms with Crippen molar-refractivity contribution in [2.24, 2.45) is 0 Å².